The van der Waals surface area contributed by atoms with Gasteiger partial charge in [-0.15, -0.1) is 0 Å². The van der Waals surface area contributed by atoms with Crippen LogP contribution in [0.25, 0.3) is 6.08 Å². The SMILES string of the molecule is O=Cc1ccc(/C=C(\C(=O)O)S(=O)(=O)c2ccccc2)cc1. The number of carbonyl (C=O) groups is 2. The number of carboxylic acids is 1. The Morgan fingerprint density at radius 2 is 1.45 bits per heavy atom. The van der Waals surface area contributed by atoms with Gasteiger partial charge >= 0.3 is 5.97 Å². The summed E-state index contributed by atoms with van der Waals surface area (Å²) in [7, 11) is -4.12. The van der Waals surface area contributed by atoms with Crippen LogP contribution in [0.5, 0.6) is 0 Å². The fourth-order valence-electron chi connectivity index (χ4n) is 1.80. The topological polar surface area (TPSA) is 88.5 Å². The molecule has 6 heteroatoms. The van der Waals surface area contributed by atoms with Gasteiger partial charge in [-0.05, 0) is 23.8 Å². The molecule has 0 saturated heterocycles. The van der Waals surface area contributed by atoms with E-state index in [-0.39, 0.29) is 4.90 Å². The summed E-state index contributed by atoms with van der Waals surface area (Å²) in [6, 6.07) is 13.3. The third-order valence-electron chi connectivity index (χ3n) is 2.92. The molecule has 5 nitrogen and oxygen atoms in total. The number of benzene rings is 2. The van der Waals surface area contributed by atoms with E-state index in [9.17, 15) is 23.1 Å². The smallest absolute Gasteiger partial charge is 0.347 e. The lowest BCUT2D eigenvalue weighted by Gasteiger charge is -2.05. The van der Waals surface area contributed by atoms with Gasteiger partial charge in [0.1, 0.15) is 6.29 Å². The zero-order chi connectivity index (χ0) is 16.2. The molecule has 0 heterocycles. The lowest BCUT2D eigenvalue weighted by molar-refractivity contribution is -0.131. The number of hydrogen-bond acceptors (Lipinski definition) is 4. The van der Waals surface area contributed by atoms with Crippen LogP contribution in [0.4, 0.5) is 0 Å². The Morgan fingerprint density at radius 3 is 1.95 bits per heavy atom. The molecule has 2 aromatic carbocycles. The molecule has 2 aromatic rings. The Hall–Kier alpha value is -2.73. The van der Waals surface area contributed by atoms with Crippen molar-refractivity contribution in [2.24, 2.45) is 0 Å². The van der Waals surface area contributed by atoms with Gasteiger partial charge in [0.15, 0.2) is 4.91 Å². The van der Waals surface area contributed by atoms with Crippen molar-refractivity contribution < 1.29 is 23.1 Å². The number of rotatable bonds is 5. The number of carbonyl (C=O) groups excluding carboxylic acids is 1. The zero-order valence-corrected chi connectivity index (χ0v) is 12.2. The molecule has 22 heavy (non-hydrogen) atoms. The summed E-state index contributed by atoms with van der Waals surface area (Å²) in [4.78, 5) is 21.1. The van der Waals surface area contributed by atoms with Gasteiger partial charge in [0, 0.05) is 5.56 Å². The molecule has 0 fully saturated rings. The number of carboxylic acid groups (broad SMARTS) is 1. The first-order valence-corrected chi connectivity index (χ1v) is 7.74. The predicted molar refractivity (Wildman–Crippen MR) is 81.1 cm³/mol. The summed E-state index contributed by atoms with van der Waals surface area (Å²) >= 11 is 0. The van der Waals surface area contributed by atoms with Gasteiger partial charge in [-0.2, -0.15) is 0 Å². The van der Waals surface area contributed by atoms with Crippen molar-refractivity contribution in [2.75, 3.05) is 0 Å². The molecule has 1 N–H and O–H groups in total. The first-order valence-electron chi connectivity index (χ1n) is 6.25. The molecule has 0 aliphatic rings. The fraction of sp³-hybridized carbons (Fsp3) is 0. The lowest BCUT2D eigenvalue weighted by Crippen LogP contribution is -2.13. The fourth-order valence-corrected chi connectivity index (χ4v) is 3.09. The lowest BCUT2D eigenvalue weighted by atomic mass is 10.1. The molecule has 112 valence electrons. The van der Waals surface area contributed by atoms with Gasteiger partial charge in [0.2, 0.25) is 9.84 Å². The van der Waals surface area contributed by atoms with Gasteiger partial charge in [-0.3, -0.25) is 4.79 Å². The molecule has 0 saturated carbocycles. The Bertz CT molecular complexity index is 819. The third kappa shape index (κ3) is 3.29. The number of aliphatic carboxylic acids is 1. The highest BCUT2D eigenvalue weighted by molar-refractivity contribution is 7.96. The first kappa shape index (κ1) is 15.7. The molecule has 0 unspecified atom stereocenters. The summed E-state index contributed by atoms with van der Waals surface area (Å²) < 4.78 is 24.8. The minimum Gasteiger partial charge on any atom is -0.477 e. The molecule has 0 amide bonds. The Balaban J connectivity index is 2.52. The first-order chi connectivity index (χ1) is 10.4. The molecule has 0 radical (unpaired) electrons. The second kappa shape index (κ2) is 6.36. The second-order valence-corrected chi connectivity index (χ2v) is 6.33. The molecular weight excluding hydrogens is 304 g/mol. The monoisotopic (exact) mass is 316 g/mol. The Morgan fingerprint density at radius 1 is 0.909 bits per heavy atom. The predicted octanol–water partition coefficient (Wildman–Crippen LogP) is 2.40. The maximum atomic E-state index is 12.4. The van der Waals surface area contributed by atoms with Crippen molar-refractivity contribution in [3.05, 3.63) is 70.6 Å². The van der Waals surface area contributed by atoms with E-state index in [0.717, 1.165) is 6.08 Å². The quantitative estimate of drug-likeness (QED) is 0.676. The second-order valence-electron chi connectivity index (χ2n) is 4.41. The van der Waals surface area contributed by atoms with E-state index in [0.29, 0.717) is 17.4 Å². The van der Waals surface area contributed by atoms with E-state index in [1.54, 1.807) is 6.07 Å². The van der Waals surface area contributed by atoms with Gasteiger partial charge in [-0.1, -0.05) is 42.5 Å². The van der Waals surface area contributed by atoms with Crippen LogP contribution in [0.1, 0.15) is 15.9 Å². The molecule has 0 aromatic heterocycles. The Kier molecular flexibility index (Phi) is 4.53. The van der Waals surface area contributed by atoms with E-state index >= 15 is 0 Å². The highest BCUT2D eigenvalue weighted by Gasteiger charge is 2.26. The maximum absolute atomic E-state index is 12.4. The third-order valence-corrected chi connectivity index (χ3v) is 4.69. The van der Waals surface area contributed by atoms with Crippen LogP contribution in [-0.4, -0.2) is 25.8 Å². The normalized spacial score (nSPS) is 11.9. The standard InChI is InChI=1S/C16H12O5S/c17-11-13-8-6-12(7-9-13)10-15(16(18)19)22(20,21)14-4-2-1-3-5-14/h1-11H,(H,18,19)/b15-10+. The maximum Gasteiger partial charge on any atom is 0.347 e. The Labute approximate surface area is 127 Å². The molecule has 0 spiro atoms. The van der Waals surface area contributed by atoms with Crippen molar-refractivity contribution in [3.63, 3.8) is 0 Å². The number of sulfone groups is 1. The summed E-state index contributed by atoms with van der Waals surface area (Å²) in [6.45, 7) is 0. The van der Waals surface area contributed by atoms with E-state index in [1.165, 1.54) is 48.5 Å². The van der Waals surface area contributed by atoms with E-state index in [1.807, 2.05) is 0 Å². The molecular formula is C16H12O5S. The molecule has 0 aliphatic heterocycles. The highest BCUT2D eigenvalue weighted by Crippen LogP contribution is 2.21. The number of aldehydes is 1. The summed E-state index contributed by atoms with van der Waals surface area (Å²) in [6.07, 6.45) is 1.71. The average molecular weight is 316 g/mol. The highest BCUT2D eigenvalue weighted by atomic mass is 32.2. The van der Waals surface area contributed by atoms with Crippen molar-refractivity contribution in [2.45, 2.75) is 4.90 Å². The van der Waals surface area contributed by atoms with Crippen molar-refractivity contribution in [1.82, 2.24) is 0 Å². The van der Waals surface area contributed by atoms with Crippen LogP contribution in [0.15, 0.2) is 64.4 Å². The summed E-state index contributed by atoms with van der Waals surface area (Å²) in [5, 5.41) is 9.23. The molecule has 0 atom stereocenters. The minimum atomic E-state index is -4.12. The molecule has 2 rings (SSSR count). The summed E-state index contributed by atoms with van der Waals surface area (Å²) in [5.41, 5.74) is 0.794. The van der Waals surface area contributed by atoms with Crippen LogP contribution in [0, 0.1) is 0 Å². The van der Waals surface area contributed by atoms with Crippen LogP contribution < -0.4 is 0 Å². The zero-order valence-electron chi connectivity index (χ0n) is 11.3. The molecule has 0 aliphatic carbocycles. The van der Waals surface area contributed by atoms with Crippen molar-refractivity contribution in [3.8, 4) is 0 Å². The van der Waals surface area contributed by atoms with Crippen LogP contribution in [0.2, 0.25) is 0 Å². The van der Waals surface area contributed by atoms with Crippen molar-refractivity contribution >= 4 is 28.2 Å². The van der Waals surface area contributed by atoms with E-state index in [2.05, 4.69) is 0 Å². The molecule has 0 bridgehead atoms. The van der Waals surface area contributed by atoms with Crippen LogP contribution in [-0.2, 0) is 14.6 Å². The van der Waals surface area contributed by atoms with Crippen LogP contribution >= 0.6 is 0 Å². The average Bonchev–Trinajstić information content (AvgIpc) is 2.53. The van der Waals surface area contributed by atoms with E-state index < -0.39 is 20.7 Å². The largest absolute Gasteiger partial charge is 0.477 e. The van der Waals surface area contributed by atoms with Crippen molar-refractivity contribution in [1.29, 1.82) is 0 Å². The van der Waals surface area contributed by atoms with Gasteiger partial charge in [0.05, 0.1) is 4.90 Å². The van der Waals surface area contributed by atoms with Gasteiger partial charge in [-0.25, -0.2) is 13.2 Å². The van der Waals surface area contributed by atoms with Gasteiger partial charge in [0.25, 0.3) is 0 Å². The minimum absolute atomic E-state index is 0.0897. The summed E-state index contributed by atoms with van der Waals surface area (Å²) in [5.74, 6) is -1.54. The van der Waals surface area contributed by atoms with Crippen LogP contribution in [0.3, 0.4) is 0 Å². The number of hydrogen-bond donors (Lipinski definition) is 1. The van der Waals surface area contributed by atoms with Gasteiger partial charge < -0.3 is 5.11 Å². The van der Waals surface area contributed by atoms with E-state index in [4.69, 9.17) is 0 Å².